The van der Waals surface area contributed by atoms with E-state index in [4.69, 9.17) is 0 Å². The van der Waals surface area contributed by atoms with Crippen molar-refractivity contribution in [3.8, 4) is 0 Å². The number of carboxylic acids is 1. The minimum Gasteiger partial charge on any atom is -0.480 e. The van der Waals surface area contributed by atoms with Gasteiger partial charge in [0.1, 0.15) is 12.3 Å². The predicted octanol–water partition coefficient (Wildman–Crippen LogP) is 2.32. The fraction of sp³-hybridized carbons (Fsp3) is 0.167. The molecule has 6 nitrogen and oxygen atoms in total. The summed E-state index contributed by atoms with van der Waals surface area (Å²) in [7, 11) is 1.28. The molecular weight excluding hydrogens is 310 g/mol. The number of benzene rings is 2. The zero-order valence-corrected chi connectivity index (χ0v) is 13.0. The van der Waals surface area contributed by atoms with Crippen LogP contribution < -0.4 is 5.32 Å². The van der Waals surface area contributed by atoms with Gasteiger partial charge in [0.05, 0.1) is 18.6 Å². The van der Waals surface area contributed by atoms with Crippen molar-refractivity contribution in [3.05, 3.63) is 65.7 Å². The summed E-state index contributed by atoms with van der Waals surface area (Å²) in [6.45, 7) is 0. The smallest absolute Gasteiger partial charge is 0.337 e. The third-order valence-corrected chi connectivity index (χ3v) is 3.58. The van der Waals surface area contributed by atoms with Crippen molar-refractivity contribution in [2.24, 2.45) is 0 Å². The Hall–Kier alpha value is -3.15. The highest BCUT2D eigenvalue weighted by Gasteiger charge is 2.29. The van der Waals surface area contributed by atoms with Crippen LogP contribution in [0.3, 0.4) is 0 Å². The van der Waals surface area contributed by atoms with Gasteiger partial charge in [-0.3, -0.25) is 0 Å². The second-order valence-electron chi connectivity index (χ2n) is 5.10. The first-order valence-corrected chi connectivity index (χ1v) is 7.24. The lowest BCUT2D eigenvalue weighted by atomic mass is 9.92. The number of aldehydes is 1. The highest BCUT2D eigenvalue weighted by atomic mass is 16.5. The molecule has 2 aromatic carbocycles. The Morgan fingerprint density at radius 3 is 2.21 bits per heavy atom. The summed E-state index contributed by atoms with van der Waals surface area (Å²) in [5, 5.41) is 12.3. The monoisotopic (exact) mass is 327 g/mol. The van der Waals surface area contributed by atoms with Gasteiger partial charge in [-0.15, -0.1) is 0 Å². The molecule has 2 N–H and O–H groups in total. The van der Waals surface area contributed by atoms with Crippen molar-refractivity contribution < 1.29 is 24.2 Å². The second kappa shape index (κ2) is 7.92. The molecular formula is C18H17NO5. The molecule has 0 saturated carbocycles. The first kappa shape index (κ1) is 17.2. The van der Waals surface area contributed by atoms with Crippen molar-refractivity contribution in [1.82, 2.24) is 0 Å². The third-order valence-electron chi connectivity index (χ3n) is 3.58. The summed E-state index contributed by atoms with van der Waals surface area (Å²) < 4.78 is 4.61. The van der Waals surface area contributed by atoms with Crippen LogP contribution in [0.4, 0.5) is 5.69 Å². The van der Waals surface area contributed by atoms with E-state index < -0.39 is 23.9 Å². The number of carbonyl (C=O) groups excluding carboxylic acids is 2. The number of ether oxygens (including phenoxy) is 1. The molecule has 2 rings (SSSR count). The normalized spacial score (nSPS) is 12.7. The molecule has 0 aliphatic carbocycles. The van der Waals surface area contributed by atoms with E-state index in [0.717, 1.165) is 0 Å². The Labute approximate surface area is 139 Å². The van der Waals surface area contributed by atoms with Crippen LogP contribution >= 0.6 is 0 Å². The quantitative estimate of drug-likeness (QED) is 0.599. The standard InChI is InChI=1S/C18H17NO5/c1-24-18(23)13-7-9-14(10-8-13)19-16(17(21)22)15(11-20)12-5-3-2-4-6-12/h2-11,15-16,19H,1H3,(H,21,22). The molecule has 2 unspecified atom stereocenters. The summed E-state index contributed by atoms with van der Waals surface area (Å²) in [4.78, 5) is 34.5. The number of carbonyl (C=O) groups is 3. The molecule has 2 atom stereocenters. The van der Waals surface area contributed by atoms with E-state index >= 15 is 0 Å². The summed E-state index contributed by atoms with van der Waals surface area (Å²) in [6.07, 6.45) is 0.615. The van der Waals surface area contributed by atoms with Crippen LogP contribution in [-0.2, 0) is 14.3 Å². The highest BCUT2D eigenvalue weighted by molar-refractivity contribution is 5.90. The van der Waals surface area contributed by atoms with Crippen LogP contribution in [0.5, 0.6) is 0 Å². The van der Waals surface area contributed by atoms with Gasteiger partial charge >= 0.3 is 11.9 Å². The number of anilines is 1. The summed E-state index contributed by atoms with van der Waals surface area (Å²) in [6, 6.07) is 13.7. The molecule has 24 heavy (non-hydrogen) atoms. The lowest BCUT2D eigenvalue weighted by molar-refractivity contribution is -0.139. The van der Waals surface area contributed by atoms with Crippen molar-refractivity contribution in [2.75, 3.05) is 12.4 Å². The summed E-state index contributed by atoms with van der Waals surface area (Å²) in [5.41, 5.74) is 1.45. The molecule has 0 bridgehead atoms. The lowest BCUT2D eigenvalue weighted by Gasteiger charge is -2.22. The van der Waals surface area contributed by atoms with Gasteiger partial charge in [0.15, 0.2) is 0 Å². The van der Waals surface area contributed by atoms with E-state index in [0.29, 0.717) is 23.1 Å². The lowest BCUT2D eigenvalue weighted by Crippen LogP contribution is -2.36. The SMILES string of the molecule is COC(=O)c1ccc(NC(C(=O)O)C(C=O)c2ccccc2)cc1. The van der Waals surface area contributed by atoms with E-state index in [1.165, 1.54) is 19.2 Å². The molecule has 0 aliphatic rings. The van der Waals surface area contributed by atoms with Gasteiger partial charge in [-0.1, -0.05) is 30.3 Å². The van der Waals surface area contributed by atoms with Crippen LogP contribution in [0.2, 0.25) is 0 Å². The van der Waals surface area contributed by atoms with Crippen molar-refractivity contribution in [1.29, 1.82) is 0 Å². The largest absolute Gasteiger partial charge is 0.480 e. The number of rotatable bonds is 7. The molecule has 0 amide bonds. The maximum absolute atomic E-state index is 11.6. The Bertz CT molecular complexity index is 712. The van der Waals surface area contributed by atoms with Crippen LogP contribution in [-0.4, -0.2) is 36.5 Å². The average Bonchev–Trinajstić information content (AvgIpc) is 2.62. The Balaban J connectivity index is 2.23. The number of hydrogen-bond acceptors (Lipinski definition) is 5. The Morgan fingerprint density at radius 2 is 1.71 bits per heavy atom. The minimum atomic E-state index is -1.15. The van der Waals surface area contributed by atoms with Crippen LogP contribution in [0.15, 0.2) is 54.6 Å². The fourth-order valence-electron chi connectivity index (χ4n) is 2.33. The first-order chi connectivity index (χ1) is 11.6. The molecule has 6 heteroatoms. The molecule has 0 saturated heterocycles. The predicted molar refractivity (Wildman–Crippen MR) is 88.1 cm³/mol. The number of carboxylic acid groups (broad SMARTS) is 1. The number of esters is 1. The molecule has 0 spiro atoms. The summed E-state index contributed by atoms with van der Waals surface area (Å²) >= 11 is 0. The van der Waals surface area contributed by atoms with Gasteiger partial charge in [-0.2, -0.15) is 0 Å². The number of hydrogen-bond donors (Lipinski definition) is 2. The molecule has 0 radical (unpaired) electrons. The van der Waals surface area contributed by atoms with E-state index in [-0.39, 0.29) is 0 Å². The van der Waals surface area contributed by atoms with E-state index in [9.17, 15) is 19.5 Å². The molecule has 124 valence electrons. The van der Waals surface area contributed by atoms with E-state index in [2.05, 4.69) is 10.1 Å². The molecule has 0 aliphatic heterocycles. The number of methoxy groups -OCH3 is 1. The number of nitrogens with one attached hydrogen (secondary N) is 1. The first-order valence-electron chi connectivity index (χ1n) is 7.24. The fourth-order valence-corrected chi connectivity index (χ4v) is 2.33. The average molecular weight is 327 g/mol. The maximum Gasteiger partial charge on any atom is 0.337 e. The van der Waals surface area contributed by atoms with Crippen LogP contribution in [0.25, 0.3) is 0 Å². The summed E-state index contributed by atoms with van der Waals surface area (Å²) in [5.74, 6) is -2.47. The second-order valence-corrected chi connectivity index (χ2v) is 5.10. The van der Waals surface area contributed by atoms with Gasteiger partial charge in [0, 0.05) is 5.69 Å². The van der Waals surface area contributed by atoms with Crippen molar-refractivity contribution in [3.63, 3.8) is 0 Å². The van der Waals surface area contributed by atoms with Gasteiger partial charge in [-0.25, -0.2) is 9.59 Å². The minimum absolute atomic E-state index is 0.352. The van der Waals surface area contributed by atoms with Gasteiger partial charge in [0.2, 0.25) is 0 Å². The molecule has 0 aromatic heterocycles. The number of aliphatic carboxylic acids is 1. The Morgan fingerprint density at radius 1 is 1.08 bits per heavy atom. The highest BCUT2D eigenvalue weighted by Crippen LogP contribution is 2.22. The van der Waals surface area contributed by atoms with Gasteiger partial charge < -0.3 is 20.0 Å². The molecule has 0 heterocycles. The van der Waals surface area contributed by atoms with Crippen LogP contribution in [0.1, 0.15) is 21.8 Å². The van der Waals surface area contributed by atoms with Crippen molar-refractivity contribution in [2.45, 2.75) is 12.0 Å². The van der Waals surface area contributed by atoms with Gasteiger partial charge in [-0.05, 0) is 29.8 Å². The zero-order valence-electron chi connectivity index (χ0n) is 13.0. The van der Waals surface area contributed by atoms with Gasteiger partial charge in [0.25, 0.3) is 0 Å². The third kappa shape index (κ3) is 3.98. The van der Waals surface area contributed by atoms with E-state index in [1.54, 1.807) is 42.5 Å². The maximum atomic E-state index is 11.6. The zero-order chi connectivity index (χ0) is 17.5. The Kier molecular flexibility index (Phi) is 5.68. The van der Waals surface area contributed by atoms with Crippen LogP contribution in [0, 0.1) is 0 Å². The van der Waals surface area contributed by atoms with E-state index in [1.807, 2.05) is 0 Å². The molecule has 2 aromatic rings. The van der Waals surface area contributed by atoms with Crippen molar-refractivity contribution >= 4 is 23.9 Å². The topological polar surface area (TPSA) is 92.7 Å². The molecule has 0 fully saturated rings.